The molecule has 1 atom stereocenters. The zero-order valence-electron chi connectivity index (χ0n) is 11.9. The molecule has 0 saturated carbocycles. The molecule has 0 aliphatic carbocycles. The zero-order chi connectivity index (χ0) is 15.5. The highest BCUT2D eigenvalue weighted by atomic mass is 16.6. The number of rotatable bonds is 4. The van der Waals surface area contributed by atoms with Gasteiger partial charge in [0.15, 0.2) is 0 Å². The number of hydrogen-bond acceptors (Lipinski definition) is 5. The number of nitrogens with zero attached hydrogens (tertiary/aromatic N) is 1. The van der Waals surface area contributed by atoms with Gasteiger partial charge in [-0.3, -0.25) is 4.79 Å². The number of benzene rings is 2. The summed E-state index contributed by atoms with van der Waals surface area (Å²) in [5.41, 5.74) is 0.969. The summed E-state index contributed by atoms with van der Waals surface area (Å²) in [7, 11) is 1.47. The van der Waals surface area contributed by atoms with Crippen molar-refractivity contribution in [3.8, 4) is 5.75 Å². The largest absolute Gasteiger partial charge is 0.496 e. The number of aliphatic imine (C=N–C) groups is 1. The molecule has 0 saturated heterocycles. The van der Waals surface area contributed by atoms with Crippen molar-refractivity contribution in [1.29, 1.82) is 0 Å². The number of hydrogen-bond donors (Lipinski definition) is 0. The molecule has 110 valence electrons. The number of carbonyl (C=O) groups excluding carboxylic acids is 2. The van der Waals surface area contributed by atoms with E-state index in [0.717, 1.165) is 0 Å². The van der Waals surface area contributed by atoms with Crippen LogP contribution in [0.4, 0.5) is 0 Å². The Labute approximate surface area is 127 Å². The Bertz CT molecular complexity index is 752. The monoisotopic (exact) mass is 295 g/mol. The Hall–Kier alpha value is -2.95. The van der Waals surface area contributed by atoms with Crippen LogP contribution in [0.2, 0.25) is 0 Å². The van der Waals surface area contributed by atoms with Crippen molar-refractivity contribution >= 4 is 17.7 Å². The van der Waals surface area contributed by atoms with E-state index >= 15 is 0 Å². The van der Waals surface area contributed by atoms with Crippen LogP contribution in [0.1, 0.15) is 15.9 Å². The van der Waals surface area contributed by atoms with Gasteiger partial charge in [0.25, 0.3) is 0 Å². The van der Waals surface area contributed by atoms with Crippen LogP contribution in [0.25, 0.3) is 0 Å². The van der Waals surface area contributed by atoms with Gasteiger partial charge in [-0.2, -0.15) is 0 Å². The van der Waals surface area contributed by atoms with Gasteiger partial charge in [-0.25, -0.2) is 9.79 Å². The third-order valence-electron chi connectivity index (χ3n) is 3.31. The fourth-order valence-electron chi connectivity index (χ4n) is 2.22. The molecule has 0 bridgehead atoms. The summed E-state index contributed by atoms with van der Waals surface area (Å²) >= 11 is 0. The highest BCUT2D eigenvalue weighted by Crippen LogP contribution is 2.23. The number of methoxy groups -OCH3 is 1. The van der Waals surface area contributed by atoms with Crippen LogP contribution < -0.4 is 4.74 Å². The normalized spacial score (nSPS) is 16.9. The molecule has 0 aromatic heterocycles. The maximum Gasteiger partial charge on any atom is 0.345 e. The molecule has 1 heterocycles. The SMILES string of the molecule is COc1ccccc1C(=O)[C@H]1N=C(c2ccccc2)OC1=O. The van der Waals surface area contributed by atoms with Crippen LogP contribution in [0, 0.1) is 0 Å². The average Bonchev–Trinajstić information content (AvgIpc) is 2.97. The number of ketones is 1. The maximum absolute atomic E-state index is 12.5. The molecular weight excluding hydrogens is 282 g/mol. The summed E-state index contributed by atoms with van der Waals surface area (Å²) in [6.45, 7) is 0. The third kappa shape index (κ3) is 2.48. The summed E-state index contributed by atoms with van der Waals surface area (Å²) in [4.78, 5) is 28.6. The lowest BCUT2D eigenvalue weighted by Crippen LogP contribution is -2.26. The predicted molar refractivity (Wildman–Crippen MR) is 80.2 cm³/mol. The quantitative estimate of drug-likeness (QED) is 0.493. The van der Waals surface area contributed by atoms with Crippen LogP contribution in [0.15, 0.2) is 59.6 Å². The zero-order valence-corrected chi connectivity index (χ0v) is 11.9. The van der Waals surface area contributed by atoms with E-state index in [1.807, 2.05) is 6.07 Å². The molecule has 3 rings (SSSR count). The van der Waals surface area contributed by atoms with Gasteiger partial charge in [-0.05, 0) is 24.3 Å². The number of Topliss-reactive ketones (excluding diaryl/α,β-unsaturated/α-hetero) is 1. The molecule has 1 aliphatic rings. The molecule has 0 radical (unpaired) electrons. The number of cyclic esters (lactones) is 1. The lowest BCUT2D eigenvalue weighted by molar-refractivity contribution is -0.133. The van der Waals surface area contributed by atoms with E-state index in [4.69, 9.17) is 9.47 Å². The van der Waals surface area contributed by atoms with Gasteiger partial charge in [0.05, 0.1) is 12.7 Å². The molecule has 1 aliphatic heterocycles. The molecule has 0 N–H and O–H groups in total. The van der Waals surface area contributed by atoms with Crippen molar-refractivity contribution in [2.45, 2.75) is 6.04 Å². The van der Waals surface area contributed by atoms with E-state index in [9.17, 15) is 9.59 Å². The average molecular weight is 295 g/mol. The van der Waals surface area contributed by atoms with Crippen molar-refractivity contribution in [3.63, 3.8) is 0 Å². The summed E-state index contributed by atoms with van der Waals surface area (Å²) in [6, 6.07) is 14.5. The van der Waals surface area contributed by atoms with Crippen LogP contribution in [0.3, 0.4) is 0 Å². The van der Waals surface area contributed by atoms with E-state index in [0.29, 0.717) is 16.9 Å². The summed E-state index contributed by atoms with van der Waals surface area (Å²) in [5.74, 6) is -0.536. The molecule has 2 aromatic carbocycles. The predicted octanol–water partition coefficient (Wildman–Crippen LogP) is 2.25. The molecule has 2 aromatic rings. The van der Waals surface area contributed by atoms with E-state index in [-0.39, 0.29) is 5.90 Å². The first-order valence-corrected chi connectivity index (χ1v) is 6.73. The van der Waals surface area contributed by atoms with Crippen molar-refractivity contribution in [2.75, 3.05) is 7.11 Å². The Morgan fingerprint density at radius 2 is 1.77 bits per heavy atom. The molecule has 0 amide bonds. The lowest BCUT2D eigenvalue weighted by Gasteiger charge is -2.07. The summed E-state index contributed by atoms with van der Waals surface area (Å²) in [5, 5.41) is 0. The second-order valence-electron chi connectivity index (χ2n) is 4.69. The molecule has 0 fully saturated rings. The molecular formula is C17H13NO4. The van der Waals surface area contributed by atoms with E-state index < -0.39 is 17.8 Å². The van der Waals surface area contributed by atoms with Crippen LogP contribution in [-0.4, -0.2) is 30.8 Å². The van der Waals surface area contributed by atoms with Gasteiger partial charge in [-0.1, -0.05) is 30.3 Å². The first-order chi connectivity index (χ1) is 10.7. The second kappa shape index (κ2) is 5.81. The molecule has 22 heavy (non-hydrogen) atoms. The molecule has 0 unspecified atom stereocenters. The lowest BCUT2D eigenvalue weighted by atomic mass is 10.0. The summed E-state index contributed by atoms with van der Waals surface area (Å²) in [6.07, 6.45) is 0. The standard InChI is InChI=1S/C17H13NO4/c1-21-13-10-6-5-9-12(13)15(19)14-17(20)22-16(18-14)11-7-3-2-4-8-11/h2-10,14H,1H3/t14-/m1/s1. The number of esters is 1. The highest BCUT2D eigenvalue weighted by molar-refractivity contribution is 6.20. The van der Waals surface area contributed by atoms with Crippen molar-refractivity contribution < 1.29 is 19.1 Å². The first kappa shape index (κ1) is 14.0. The van der Waals surface area contributed by atoms with Gasteiger partial charge in [-0.15, -0.1) is 0 Å². The number of ether oxygens (including phenoxy) is 2. The van der Waals surface area contributed by atoms with Crippen LogP contribution in [-0.2, 0) is 9.53 Å². The minimum atomic E-state index is -1.19. The van der Waals surface area contributed by atoms with Crippen molar-refractivity contribution in [1.82, 2.24) is 0 Å². The van der Waals surface area contributed by atoms with Gasteiger partial charge in [0.1, 0.15) is 5.75 Å². The Balaban J connectivity index is 1.93. The minimum Gasteiger partial charge on any atom is -0.496 e. The van der Waals surface area contributed by atoms with Gasteiger partial charge in [0, 0.05) is 5.56 Å². The van der Waals surface area contributed by atoms with Gasteiger partial charge < -0.3 is 9.47 Å². The highest BCUT2D eigenvalue weighted by Gasteiger charge is 2.37. The first-order valence-electron chi connectivity index (χ1n) is 6.73. The molecule has 0 spiro atoms. The van der Waals surface area contributed by atoms with Crippen LogP contribution >= 0.6 is 0 Å². The molecule has 5 heteroatoms. The topological polar surface area (TPSA) is 65.0 Å². The maximum atomic E-state index is 12.5. The summed E-state index contributed by atoms with van der Waals surface area (Å²) < 4.78 is 10.3. The van der Waals surface area contributed by atoms with E-state index in [1.165, 1.54) is 7.11 Å². The van der Waals surface area contributed by atoms with Crippen LogP contribution in [0.5, 0.6) is 5.75 Å². The fraction of sp³-hybridized carbons (Fsp3) is 0.118. The minimum absolute atomic E-state index is 0.166. The third-order valence-corrected chi connectivity index (χ3v) is 3.31. The Kier molecular flexibility index (Phi) is 3.70. The second-order valence-corrected chi connectivity index (χ2v) is 4.69. The smallest absolute Gasteiger partial charge is 0.345 e. The Morgan fingerprint density at radius 3 is 2.50 bits per heavy atom. The van der Waals surface area contributed by atoms with Gasteiger partial charge in [0.2, 0.25) is 17.7 Å². The number of carbonyl (C=O) groups is 2. The van der Waals surface area contributed by atoms with E-state index in [1.54, 1.807) is 48.5 Å². The van der Waals surface area contributed by atoms with Gasteiger partial charge >= 0.3 is 5.97 Å². The van der Waals surface area contributed by atoms with E-state index in [2.05, 4.69) is 4.99 Å². The molecule has 5 nitrogen and oxygen atoms in total. The number of para-hydroxylation sites is 1. The Morgan fingerprint density at radius 1 is 1.09 bits per heavy atom. The fourth-order valence-corrected chi connectivity index (χ4v) is 2.22. The van der Waals surface area contributed by atoms with Crippen molar-refractivity contribution in [2.24, 2.45) is 4.99 Å². The van der Waals surface area contributed by atoms with Crippen molar-refractivity contribution in [3.05, 3.63) is 65.7 Å².